The monoisotopic (exact) mass is 503 g/mol. The van der Waals surface area contributed by atoms with E-state index < -0.39 is 17.4 Å². The summed E-state index contributed by atoms with van der Waals surface area (Å²) in [5.41, 5.74) is 0.707. The van der Waals surface area contributed by atoms with Gasteiger partial charge in [-0.3, -0.25) is 9.59 Å². The van der Waals surface area contributed by atoms with E-state index in [0.29, 0.717) is 41.2 Å². The molecule has 0 radical (unpaired) electrons. The molecule has 2 N–H and O–H groups in total. The van der Waals surface area contributed by atoms with Crippen molar-refractivity contribution in [2.24, 2.45) is 0 Å². The average Bonchev–Trinajstić information content (AvgIpc) is 2.92. The first-order chi connectivity index (χ1) is 17.3. The maximum atomic E-state index is 13.0. The van der Waals surface area contributed by atoms with Crippen LogP contribution in [0.4, 0.5) is 0 Å². The molecule has 0 aliphatic heterocycles. The molecule has 0 saturated heterocycles. The van der Waals surface area contributed by atoms with Crippen LogP contribution in [0, 0.1) is 0 Å². The van der Waals surface area contributed by atoms with Crippen LogP contribution in [0.3, 0.4) is 0 Å². The van der Waals surface area contributed by atoms with E-state index in [2.05, 4.69) is 4.90 Å². The molecule has 36 heavy (non-hydrogen) atoms. The minimum atomic E-state index is -1.69. The van der Waals surface area contributed by atoms with Crippen LogP contribution in [-0.4, -0.2) is 75.6 Å². The summed E-state index contributed by atoms with van der Waals surface area (Å²) in [6.45, 7) is 0.745. The minimum absolute atomic E-state index is 0.149. The topological polar surface area (TPSA) is 115 Å². The molecule has 0 unspecified atom stereocenters. The summed E-state index contributed by atoms with van der Waals surface area (Å²) in [4.78, 5) is 28.1. The first kappa shape index (κ1) is 29.1. The predicted octanol–water partition coefficient (Wildman–Crippen LogP) is 2.23. The van der Waals surface area contributed by atoms with Gasteiger partial charge < -0.3 is 34.1 Å². The van der Waals surface area contributed by atoms with Crippen LogP contribution in [0.2, 0.25) is 0 Å². The SMILES string of the molecule is COC(=O)C(CCCN(C)CCc1ccc(OC)c(OC)c1)(C(=O)OC)c1ccc(CO)c(CO)c1. The number of ether oxygens (including phenoxy) is 4. The molecular weight excluding hydrogens is 466 g/mol. The summed E-state index contributed by atoms with van der Waals surface area (Å²) in [6, 6.07) is 10.6. The van der Waals surface area contributed by atoms with E-state index in [1.54, 1.807) is 32.4 Å². The summed E-state index contributed by atoms with van der Waals surface area (Å²) < 4.78 is 20.7. The molecule has 0 aliphatic carbocycles. The van der Waals surface area contributed by atoms with Gasteiger partial charge in [-0.25, -0.2) is 0 Å². The number of benzene rings is 2. The van der Waals surface area contributed by atoms with Crippen LogP contribution in [0.15, 0.2) is 36.4 Å². The molecule has 198 valence electrons. The number of hydrogen-bond acceptors (Lipinski definition) is 9. The van der Waals surface area contributed by atoms with Crippen LogP contribution < -0.4 is 9.47 Å². The zero-order valence-corrected chi connectivity index (χ0v) is 21.7. The molecule has 0 atom stereocenters. The van der Waals surface area contributed by atoms with Crippen molar-refractivity contribution in [2.75, 3.05) is 48.6 Å². The van der Waals surface area contributed by atoms with E-state index in [9.17, 15) is 19.8 Å². The Labute approximate surface area is 212 Å². The van der Waals surface area contributed by atoms with Crippen LogP contribution >= 0.6 is 0 Å². The fourth-order valence-corrected chi connectivity index (χ4v) is 4.29. The first-order valence-electron chi connectivity index (χ1n) is 11.7. The van der Waals surface area contributed by atoms with Gasteiger partial charge in [0.1, 0.15) is 0 Å². The van der Waals surface area contributed by atoms with Gasteiger partial charge in [0, 0.05) is 6.54 Å². The molecule has 0 amide bonds. The van der Waals surface area contributed by atoms with E-state index in [4.69, 9.17) is 18.9 Å². The lowest BCUT2D eigenvalue weighted by molar-refractivity contribution is -0.162. The molecule has 2 aromatic carbocycles. The lowest BCUT2D eigenvalue weighted by Crippen LogP contribution is -2.46. The first-order valence-corrected chi connectivity index (χ1v) is 11.7. The quantitative estimate of drug-likeness (QED) is 0.296. The molecule has 0 bridgehead atoms. The highest BCUT2D eigenvalue weighted by atomic mass is 16.5. The van der Waals surface area contributed by atoms with Crippen molar-refractivity contribution >= 4 is 11.9 Å². The number of esters is 2. The second kappa shape index (κ2) is 13.8. The fraction of sp³-hybridized carbons (Fsp3) is 0.481. The molecule has 0 saturated carbocycles. The second-order valence-corrected chi connectivity index (χ2v) is 8.53. The number of nitrogens with zero attached hydrogens (tertiary/aromatic N) is 1. The smallest absolute Gasteiger partial charge is 0.327 e. The highest BCUT2D eigenvalue weighted by Crippen LogP contribution is 2.34. The normalized spacial score (nSPS) is 11.3. The third kappa shape index (κ3) is 6.54. The Balaban J connectivity index is 2.18. The third-order valence-corrected chi connectivity index (χ3v) is 6.43. The molecule has 2 aromatic rings. The van der Waals surface area contributed by atoms with Crippen LogP contribution in [0.1, 0.15) is 35.1 Å². The van der Waals surface area contributed by atoms with Gasteiger partial charge in [0.05, 0.1) is 41.7 Å². The van der Waals surface area contributed by atoms with Crippen molar-refractivity contribution < 1.29 is 38.7 Å². The Bertz CT molecular complexity index is 1010. The molecule has 0 fully saturated rings. The van der Waals surface area contributed by atoms with Crippen LogP contribution in [-0.2, 0) is 44.1 Å². The molecule has 0 aromatic heterocycles. The predicted molar refractivity (Wildman–Crippen MR) is 134 cm³/mol. The number of methoxy groups -OCH3 is 4. The minimum Gasteiger partial charge on any atom is -0.493 e. The van der Waals surface area contributed by atoms with Gasteiger partial charge >= 0.3 is 11.9 Å². The number of hydrogen-bond donors (Lipinski definition) is 2. The van der Waals surface area contributed by atoms with Gasteiger partial charge in [-0.1, -0.05) is 24.3 Å². The van der Waals surface area contributed by atoms with E-state index in [-0.39, 0.29) is 19.6 Å². The third-order valence-electron chi connectivity index (χ3n) is 6.43. The van der Waals surface area contributed by atoms with Gasteiger partial charge in [-0.05, 0) is 67.2 Å². The van der Waals surface area contributed by atoms with Gasteiger partial charge in [0.15, 0.2) is 16.9 Å². The number of carbonyl (C=O) groups is 2. The van der Waals surface area contributed by atoms with Crippen molar-refractivity contribution in [3.63, 3.8) is 0 Å². The Hall–Kier alpha value is -3.14. The number of carbonyl (C=O) groups excluding carboxylic acids is 2. The summed E-state index contributed by atoms with van der Waals surface area (Å²) in [5, 5.41) is 19.3. The lowest BCUT2D eigenvalue weighted by Gasteiger charge is -2.30. The zero-order valence-electron chi connectivity index (χ0n) is 21.7. The van der Waals surface area contributed by atoms with Gasteiger partial charge in [0.25, 0.3) is 0 Å². The second-order valence-electron chi connectivity index (χ2n) is 8.53. The highest BCUT2D eigenvalue weighted by Gasteiger charge is 2.49. The largest absolute Gasteiger partial charge is 0.493 e. The Kier molecular flexibility index (Phi) is 11.2. The van der Waals surface area contributed by atoms with E-state index in [0.717, 1.165) is 18.5 Å². The Morgan fingerprint density at radius 1 is 0.833 bits per heavy atom. The molecule has 0 spiro atoms. The van der Waals surface area contributed by atoms with Crippen molar-refractivity contribution in [3.05, 3.63) is 58.7 Å². The molecule has 9 heteroatoms. The molecule has 2 rings (SSSR count). The summed E-state index contributed by atoms with van der Waals surface area (Å²) in [5.74, 6) is -0.119. The average molecular weight is 504 g/mol. The maximum Gasteiger partial charge on any atom is 0.327 e. The Morgan fingerprint density at radius 2 is 1.47 bits per heavy atom. The van der Waals surface area contributed by atoms with Gasteiger partial charge in [-0.15, -0.1) is 0 Å². The highest BCUT2D eigenvalue weighted by molar-refractivity contribution is 6.06. The van der Waals surface area contributed by atoms with Gasteiger partial charge in [0.2, 0.25) is 0 Å². The summed E-state index contributed by atoms with van der Waals surface area (Å²) in [6.07, 6.45) is 1.43. The van der Waals surface area contributed by atoms with Crippen LogP contribution in [0.25, 0.3) is 0 Å². The number of aliphatic hydroxyl groups is 2. The van der Waals surface area contributed by atoms with E-state index in [1.165, 1.54) is 14.2 Å². The van der Waals surface area contributed by atoms with E-state index in [1.807, 2.05) is 25.2 Å². The summed E-state index contributed by atoms with van der Waals surface area (Å²) >= 11 is 0. The lowest BCUT2D eigenvalue weighted by atomic mass is 9.75. The van der Waals surface area contributed by atoms with Crippen molar-refractivity contribution in [1.82, 2.24) is 4.90 Å². The number of aliphatic hydroxyl groups excluding tert-OH is 2. The maximum absolute atomic E-state index is 13.0. The van der Waals surface area contributed by atoms with Crippen LogP contribution in [0.5, 0.6) is 11.5 Å². The standard InChI is InChI=1S/C27H37NO8/c1-28(14-11-19-7-10-23(33-2)24(15-19)34-3)13-6-12-27(25(31)35-4,26(32)36-5)22-9-8-20(17-29)21(16-22)18-30/h7-10,15-16,29-30H,6,11-14,17-18H2,1-5H3. The van der Waals surface area contributed by atoms with E-state index >= 15 is 0 Å². The molecular formula is C27H37NO8. The fourth-order valence-electron chi connectivity index (χ4n) is 4.29. The van der Waals surface area contributed by atoms with Crippen molar-refractivity contribution in [3.8, 4) is 11.5 Å². The number of rotatable bonds is 14. The van der Waals surface area contributed by atoms with Crippen molar-refractivity contribution in [1.29, 1.82) is 0 Å². The Morgan fingerprint density at radius 3 is 2.03 bits per heavy atom. The molecule has 9 nitrogen and oxygen atoms in total. The van der Waals surface area contributed by atoms with Gasteiger partial charge in [-0.2, -0.15) is 0 Å². The molecule has 0 aliphatic rings. The number of likely N-dealkylation sites (N-methyl/N-ethyl adjacent to an activating group) is 1. The van der Waals surface area contributed by atoms with Crippen molar-refractivity contribution in [2.45, 2.75) is 37.9 Å². The summed E-state index contributed by atoms with van der Waals surface area (Å²) in [7, 11) is 7.62. The molecule has 0 heterocycles. The zero-order chi connectivity index (χ0) is 26.7.